The van der Waals surface area contributed by atoms with E-state index < -0.39 is 32.7 Å². The number of benzene rings is 2. The number of carbonyl (C=O) groups excluding carboxylic acids is 1. The number of rotatable bonds is 6. The second kappa shape index (κ2) is 9.29. The molecule has 2 rings (SSSR count). The van der Waals surface area contributed by atoms with Crippen LogP contribution in [0.2, 0.25) is 5.02 Å². The highest BCUT2D eigenvalue weighted by Gasteiger charge is 2.33. The Kier molecular flexibility index (Phi) is 7.40. The SMILES string of the molecule is CN(C)c1ccc(S(=O)(=O)N(C)C)cc1NC(=O)/C=C/c1ccc(Cl)c(C(F)(F)F)c1. The molecular formula is C20H21ClF3N3O3S. The summed E-state index contributed by atoms with van der Waals surface area (Å²) in [4.78, 5) is 14.0. The minimum absolute atomic E-state index is 0.0186. The van der Waals surface area contributed by atoms with Crippen LogP contribution in [0.25, 0.3) is 6.08 Å². The Morgan fingerprint density at radius 1 is 1.06 bits per heavy atom. The molecule has 6 nitrogen and oxygen atoms in total. The molecule has 0 fully saturated rings. The summed E-state index contributed by atoms with van der Waals surface area (Å²) in [7, 11) is 2.47. The van der Waals surface area contributed by atoms with E-state index in [0.717, 1.165) is 22.5 Å². The van der Waals surface area contributed by atoms with Gasteiger partial charge in [-0.3, -0.25) is 4.79 Å². The van der Waals surface area contributed by atoms with E-state index in [2.05, 4.69) is 5.32 Å². The predicted octanol–water partition coefficient (Wildman–Crippen LogP) is 4.33. The molecule has 2 aromatic carbocycles. The van der Waals surface area contributed by atoms with Crippen LogP contribution in [0.1, 0.15) is 11.1 Å². The van der Waals surface area contributed by atoms with Gasteiger partial charge in [0.2, 0.25) is 15.9 Å². The van der Waals surface area contributed by atoms with Gasteiger partial charge in [-0.25, -0.2) is 12.7 Å². The van der Waals surface area contributed by atoms with Crippen LogP contribution < -0.4 is 10.2 Å². The van der Waals surface area contributed by atoms with E-state index in [0.29, 0.717) is 5.69 Å². The van der Waals surface area contributed by atoms with Crippen LogP contribution >= 0.6 is 11.6 Å². The topological polar surface area (TPSA) is 69.7 Å². The summed E-state index contributed by atoms with van der Waals surface area (Å²) in [5, 5.41) is 2.13. The van der Waals surface area contributed by atoms with Gasteiger partial charge >= 0.3 is 6.18 Å². The predicted molar refractivity (Wildman–Crippen MR) is 116 cm³/mol. The van der Waals surface area contributed by atoms with E-state index in [1.165, 1.54) is 38.4 Å². The maximum Gasteiger partial charge on any atom is 0.417 e. The highest BCUT2D eigenvalue weighted by molar-refractivity contribution is 7.89. The molecule has 11 heteroatoms. The second-order valence-corrected chi connectivity index (χ2v) is 9.48. The van der Waals surface area contributed by atoms with Crippen molar-refractivity contribution >= 4 is 45.0 Å². The zero-order valence-electron chi connectivity index (χ0n) is 17.2. The van der Waals surface area contributed by atoms with Crippen LogP contribution in [-0.2, 0) is 21.0 Å². The third-order valence-corrected chi connectivity index (χ3v) is 6.35. The van der Waals surface area contributed by atoms with Crippen LogP contribution in [0.4, 0.5) is 24.5 Å². The smallest absolute Gasteiger partial charge is 0.376 e. The van der Waals surface area contributed by atoms with Crippen LogP contribution in [0.15, 0.2) is 47.4 Å². The average molecular weight is 476 g/mol. The molecule has 0 atom stereocenters. The van der Waals surface area contributed by atoms with Crippen LogP contribution in [-0.4, -0.2) is 46.8 Å². The first kappa shape index (κ1) is 24.7. The molecule has 0 aliphatic carbocycles. The minimum Gasteiger partial charge on any atom is -0.376 e. The van der Waals surface area contributed by atoms with E-state index in [4.69, 9.17) is 11.6 Å². The number of alkyl halides is 3. The maximum absolute atomic E-state index is 13.0. The lowest BCUT2D eigenvalue weighted by atomic mass is 10.1. The monoisotopic (exact) mass is 475 g/mol. The molecule has 0 aliphatic heterocycles. The van der Waals surface area contributed by atoms with Gasteiger partial charge in [0.25, 0.3) is 0 Å². The van der Waals surface area contributed by atoms with Crippen molar-refractivity contribution in [2.24, 2.45) is 0 Å². The van der Waals surface area contributed by atoms with Crippen molar-refractivity contribution in [1.82, 2.24) is 4.31 Å². The summed E-state index contributed by atoms with van der Waals surface area (Å²) < 4.78 is 64.8. The maximum atomic E-state index is 13.0. The van der Waals surface area contributed by atoms with E-state index in [1.54, 1.807) is 25.1 Å². The fourth-order valence-electron chi connectivity index (χ4n) is 2.59. The summed E-state index contributed by atoms with van der Waals surface area (Å²) in [6.07, 6.45) is -2.37. The molecule has 0 radical (unpaired) electrons. The number of amides is 1. The summed E-state index contributed by atoms with van der Waals surface area (Å²) in [6, 6.07) is 7.56. The molecule has 0 spiro atoms. The standard InChI is InChI=1S/C20H21ClF3N3O3S/c1-26(2)18-9-7-14(31(29,30)27(3)4)12-17(18)25-19(28)10-6-13-5-8-16(21)15(11-13)20(22,23)24/h5-12H,1-4H3,(H,25,28)/b10-6+. The molecule has 0 saturated heterocycles. The van der Waals surface area contributed by atoms with Crippen molar-refractivity contribution in [3.05, 3.63) is 58.6 Å². The normalized spacial score (nSPS) is 12.4. The lowest BCUT2D eigenvalue weighted by Gasteiger charge is -2.19. The summed E-state index contributed by atoms with van der Waals surface area (Å²) in [5.74, 6) is -0.647. The van der Waals surface area contributed by atoms with Gasteiger partial charge in [0.15, 0.2) is 0 Å². The first-order valence-electron chi connectivity index (χ1n) is 8.83. The first-order chi connectivity index (χ1) is 14.2. The molecule has 168 valence electrons. The van der Waals surface area contributed by atoms with Gasteiger partial charge in [-0.05, 0) is 42.0 Å². The number of hydrogen-bond donors (Lipinski definition) is 1. The molecule has 2 aromatic rings. The first-order valence-corrected chi connectivity index (χ1v) is 10.6. The molecule has 31 heavy (non-hydrogen) atoms. The highest BCUT2D eigenvalue weighted by atomic mass is 35.5. The summed E-state index contributed by atoms with van der Waals surface area (Å²) in [5.41, 5.74) is -0.100. The Bertz CT molecular complexity index is 1110. The Labute approximate surface area is 184 Å². The molecule has 0 aliphatic rings. The number of carbonyl (C=O) groups is 1. The van der Waals surface area contributed by atoms with Crippen molar-refractivity contribution in [1.29, 1.82) is 0 Å². The Morgan fingerprint density at radius 2 is 1.71 bits per heavy atom. The largest absolute Gasteiger partial charge is 0.417 e. The van der Waals surface area contributed by atoms with Crippen LogP contribution in [0.3, 0.4) is 0 Å². The Morgan fingerprint density at radius 3 is 2.26 bits per heavy atom. The van der Waals surface area contributed by atoms with Gasteiger partial charge in [-0.2, -0.15) is 13.2 Å². The van der Waals surface area contributed by atoms with E-state index in [9.17, 15) is 26.4 Å². The fraction of sp³-hybridized carbons (Fsp3) is 0.250. The number of hydrogen-bond acceptors (Lipinski definition) is 4. The van der Waals surface area contributed by atoms with E-state index in [-0.39, 0.29) is 16.1 Å². The Hall–Kier alpha value is -2.56. The van der Waals surface area contributed by atoms with Gasteiger partial charge in [0, 0.05) is 34.3 Å². The molecule has 0 aromatic heterocycles. The molecular weight excluding hydrogens is 455 g/mol. The van der Waals surface area contributed by atoms with Crippen molar-refractivity contribution in [3.63, 3.8) is 0 Å². The molecule has 0 heterocycles. The minimum atomic E-state index is -4.62. The van der Waals surface area contributed by atoms with Gasteiger partial charge in [-0.1, -0.05) is 17.7 Å². The third-order valence-electron chi connectivity index (χ3n) is 4.21. The zero-order valence-corrected chi connectivity index (χ0v) is 18.7. The third kappa shape index (κ3) is 5.99. The quantitative estimate of drug-likeness (QED) is 0.631. The van der Waals surface area contributed by atoms with Crippen molar-refractivity contribution < 1.29 is 26.4 Å². The zero-order chi connectivity index (χ0) is 23.6. The van der Waals surface area contributed by atoms with Gasteiger partial charge in [-0.15, -0.1) is 0 Å². The number of nitrogens with zero attached hydrogens (tertiary/aromatic N) is 2. The Balaban J connectivity index is 2.33. The van der Waals surface area contributed by atoms with Crippen LogP contribution in [0, 0.1) is 0 Å². The summed E-state index contributed by atoms with van der Waals surface area (Å²) >= 11 is 5.59. The van der Waals surface area contributed by atoms with Gasteiger partial charge in [0.1, 0.15) is 0 Å². The second-order valence-electron chi connectivity index (χ2n) is 6.92. The number of halogens is 4. The van der Waals surface area contributed by atoms with Crippen molar-refractivity contribution in [3.8, 4) is 0 Å². The molecule has 1 N–H and O–H groups in total. The molecule has 0 unspecified atom stereocenters. The highest BCUT2D eigenvalue weighted by Crippen LogP contribution is 2.35. The fourth-order valence-corrected chi connectivity index (χ4v) is 3.74. The number of nitrogens with one attached hydrogen (secondary N) is 1. The van der Waals surface area contributed by atoms with Crippen molar-refractivity contribution in [2.75, 3.05) is 38.4 Å². The van der Waals surface area contributed by atoms with Crippen molar-refractivity contribution in [2.45, 2.75) is 11.1 Å². The van der Waals surface area contributed by atoms with E-state index >= 15 is 0 Å². The summed E-state index contributed by atoms with van der Waals surface area (Å²) in [6.45, 7) is 0. The average Bonchev–Trinajstić information content (AvgIpc) is 2.66. The van der Waals surface area contributed by atoms with E-state index in [1.807, 2.05) is 0 Å². The lowest BCUT2D eigenvalue weighted by molar-refractivity contribution is -0.137. The molecule has 0 saturated carbocycles. The van der Waals surface area contributed by atoms with Gasteiger partial charge in [0.05, 0.1) is 26.9 Å². The number of anilines is 2. The number of sulfonamides is 1. The molecule has 0 bridgehead atoms. The van der Waals surface area contributed by atoms with Crippen LogP contribution in [0.5, 0.6) is 0 Å². The lowest BCUT2D eigenvalue weighted by Crippen LogP contribution is -2.23. The van der Waals surface area contributed by atoms with Gasteiger partial charge < -0.3 is 10.2 Å². The molecule has 1 amide bonds.